The lowest BCUT2D eigenvalue weighted by Crippen LogP contribution is -2.54. The molecular weight excluding hydrogens is 611 g/mol. The summed E-state index contributed by atoms with van der Waals surface area (Å²) in [4.78, 5) is 42.4. The number of aryl methyl sites for hydroxylation is 1. The van der Waals surface area contributed by atoms with Gasteiger partial charge in [-0.2, -0.15) is 9.57 Å². The number of nitrogens with zero attached hydrogens (tertiary/aromatic N) is 4. The summed E-state index contributed by atoms with van der Waals surface area (Å²) in [6.07, 6.45) is 0. The van der Waals surface area contributed by atoms with E-state index in [9.17, 15) is 28.1 Å². The summed E-state index contributed by atoms with van der Waals surface area (Å²) in [5.74, 6) is -2.11. The number of hydrogen-bond donors (Lipinski definition) is 0. The Hall–Kier alpha value is -3.47. The molecule has 41 heavy (non-hydrogen) atoms. The van der Waals surface area contributed by atoms with E-state index in [4.69, 9.17) is 27.9 Å². The van der Waals surface area contributed by atoms with Crippen LogP contribution in [-0.4, -0.2) is 68.3 Å². The van der Waals surface area contributed by atoms with Crippen LogP contribution in [0.2, 0.25) is 10.0 Å². The van der Waals surface area contributed by atoms with Crippen LogP contribution in [0.5, 0.6) is 0 Å². The average Bonchev–Trinajstić information content (AvgIpc) is 3.59. The Morgan fingerprint density at radius 2 is 1.76 bits per heavy atom. The number of hydrogen-bond acceptors (Lipinski definition) is 8. The Morgan fingerprint density at radius 1 is 1.12 bits per heavy atom. The third-order valence-corrected chi connectivity index (χ3v) is 11.5. The van der Waals surface area contributed by atoms with E-state index in [0.29, 0.717) is 16.7 Å². The number of carbonyl (C=O) groups excluding carboxylic acids is 3. The molecule has 0 radical (unpaired) electrons. The minimum Gasteiger partial charge on any atom is -0.465 e. The summed E-state index contributed by atoms with van der Waals surface area (Å²) >= 11 is 13.1. The predicted molar refractivity (Wildman–Crippen MR) is 153 cm³/mol. The fourth-order valence-electron chi connectivity index (χ4n) is 5.39. The Kier molecular flexibility index (Phi) is 7.38. The third kappa shape index (κ3) is 4.58. The fraction of sp³-hybridized carbons (Fsp3) is 0.259. The van der Waals surface area contributed by atoms with Gasteiger partial charge in [-0.25, -0.2) is 22.9 Å². The van der Waals surface area contributed by atoms with Gasteiger partial charge in [0.1, 0.15) is 14.6 Å². The van der Waals surface area contributed by atoms with Crippen LogP contribution in [0.1, 0.15) is 32.3 Å². The van der Waals surface area contributed by atoms with E-state index < -0.39 is 39.4 Å². The maximum Gasteiger partial charge on any atom is 0.348 e. The number of amides is 3. The number of sulfonamides is 1. The van der Waals surface area contributed by atoms with Crippen LogP contribution >= 0.6 is 34.5 Å². The van der Waals surface area contributed by atoms with E-state index in [2.05, 4.69) is 0 Å². The van der Waals surface area contributed by atoms with Gasteiger partial charge >= 0.3 is 12.0 Å². The molecule has 10 nitrogen and oxygen atoms in total. The number of anilines is 1. The summed E-state index contributed by atoms with van der Waals surface area (Å²) in [6, 6.07) is 13.6. The van der Waals surface area contributed by atoms with Gasteiger partial charge in [-0.15, -0.1) is 11.3 Å². The van der Waals surface area contributed by atoms with Crippen LogP contribution in [0.15, 0.2) is 52.7 Å². The number of rotatable bonds is 5. The van der Waals surface area contributed by atoms with E-state index >= 15 is 0 Å². The SMILES string of the molecule is COC(=O)c1cc(C)c(S(=O)(=O)N2CC(c3ccc(C#N)cc3)C3(C2)C(=O)N(c2cc(Cl)cc(Cl)c2)C(=O)N3C)s1. The Bertz CT molecular complexity index is 1730. The molecule has 5 rings (SSSR count). The van der Waals surface area contributed by atoms with Crippen LogP contribution in [0, 0.1) is 18.3 Å². The van der Waals surface area contributed by atoms with Crippen molar-refractivity contribution in [2.75, 3.05) is 32.1 Å². The largest absolute Gasteiger partial charge is 0.465 e. The van der Waals surface area contributed by atoms with Crippen molar-refractivity contribution in [3.63, 3.8) is 0 Å². The number of ether oxygens (including phenoxy) is 1. The molecule has 14 heteroatoms. The molecule has 3 amide bonds. The lowest BCUT2D eigenvalue weighted by Gasteiger charge is -2.33. The monoisotopic (exact) mass is 632 g/mol. The van der Waals surface area contributed by atoms with Gasteiger partial charge < -0.3 is 9.64 Å². The highest BCUT2D eigenvalue weighted by molar-refractivity contribution is 7.91. The van der Waals surface area contributed by atoms with E-state index in [1.54, 1.807) is 31.2 Å². The van der Waals surface area contributed by atoms with Gasteiger partial charge in [-0.1, -0.05) is 35.3 Å². The standard InChI is InChI=1S/C27H22Cl2N4O6S2/c1-15-8-22(23(34)39-3)40-24(15)41(37,38)32-13-21(17-6-4-16(12-30)5-7-17)27(14-32)25(35)33(26(36)31(27)2)20-10-18(28)9-19(29)11-20/h4-11,21H,13-14H2,1-3H3. The zero-order valence-electron chi connectivity index (χ0n) is 21.9. The molecule has 0 aliphatic carbocycles. The lowest BCUT2D eigenvalue weighted by atomic mass is 9.80. The molecule has 0 bridgehead atoms. The van der Waals surface area contributed by atoms with E-state index in [-0.39, 0.29) is 37.9 Å². The molecule has 2 aliphatic rings. The number of benzene rings is 2. The van der Waals surface area contributed by atoms with E-state index in [0.717, 1.165) is 20.5 Å². The second-order valence-electron chi connectivity index (χ2n) is 9.69. The lowest BCUT2D eigenvalue weighted by molar-refractivity contribution is -0.124. The Balaban J connectivity index is 1.64. The molecule has 0 saturated carbocycles. The summed E-state index contributed by atoms with van der Waals surface area (Å²) in [5.41, 5.74) is -0.184. The second-order valence-corrected chi connectivity index (χ2v) is 13.7. The normalized spacial score (nSPS) is 21.1. The van der Waals surface area contributed by atoms with Crippen LogP contribution in [0.25, 0.3) is 0 Å². The number of urea groups is 1. The first kappa shape index (κ1) is 29.0. The highest BCUT2D eigenvalue weighted by atomic mass is 35.5. The number of likely N-dealkylation sites (N-methyl/N-ethyl adjacent to an activating group) is 1. The third-order valence-electron chi connectivity index (χ3n) is 7.41. The first-order chi connectivity index (χ1) is 19.3. The number of halogens is 2. The smallest absolute Gasteiger partial charge is 0.348 e. The molecule has 1 aromatic heterocycles. The van der Waals surface area contributed by atoms with Crippen molar-refractivity contribution in [2.45, 2.75) is 22.6 Å². The molecule has 3 heterocycles. The zero-order valence-corrected chi connectivity index (χ0v) is 25.1. The Labute approximate surface area is 250 Å². The van der Waals surface area contributed by atoms with Gasteiger partial charge in [0.2, 0.25) is 0 Å². The molecule has 1 spiro atoms. The molecule has 2 aliphatic heterocycles. The van der Waals surface area contributed by atoms with Gasteiger partial charge in [0, 0.05) is 36.1 Å². The van der Waals surface area contributed by atoms with Crippen LogP contribution in [0.3, 0.4) is 0 Å². The number of methoxy groups -OCH3 is 1. The summed E-state index contributed by atoms with van der Waals surface area (Å²) in [5, 5.41) is 9.71. The summed E-state index contributed by atoms with van der Waals surface area (Å²) in [7, 11) is -1.57. The van der Waals surface area contributed by atoms with Gasteiger partial charge in [0.25, 0.3) is 15.9 Å². The first-order valence-electron chi connectivity index (χ1n) is 12.1. The Morgan fingerprint density at radius 3 is 2.34 bits per heavy atom. The van der Waals surface area contributed by atoms with Crippen molar-refractivity contribution in [1.82, 2.24) is 9.21 Å². The molecule has 2 saturated heterocycles. The zero-order chi connectivity index (χ0) is 29.9. The molecule has 3 aromatic rings. The molecule has 0 N–H and O–H groups in total. The van der Waals surface area contributed by atoms with E-state index in [1.807, 2.05) is 6.07 Å². The number of carbonyl (C=O) groups is 3. The molecule has 2 fully saturated rings. The van der Waals surface area contributed by atoms with Crippen molar-refractivity contribution in [3.05, 3.63) is 80.1 Å². The molecule has 2 unspecified atom stereocenters. The predicted octanol–water partition coefficient (Wildman–Crippen LogP) is 4.65. The van der Waals surface area contributed by atoms with Gasteiger partial charge in [-0.3, -0.25) is 4.79 Å². The number of thiophene rings is 1. The highest BCUT2D eigenvalue weighted by Crippen LogP contribution is 2.48. The van der Waals surface area contributed by atoms with Gasteiger partial charge in [-0.05, 0) is 54.4 Å². The molecule has 2 atom stereocenters. The minimum atomic E-state index is -4.23. The molecule has 212 valence electrons. The topological polar surface area (TPSA) is 128 Å². The summed E-state index contributed by atoms with van der Waals surface area (Å²) < 4.78 is 33.9. The molecular formula is C27H22Cl2N4O6S2. The van der Waals surface area contributed by atoms with Gasteiger partial charge in [0.05, 0.1) is 24.4 Å². The molecule has 2 aromatic carbocycles. The van der Waals surface area contributed by atoms with Crippen molar-refractivity contribution in [2.24, 2.45) is 0 Å². The van der Waals surface area contributed by atoms with Crippen molar-refractivity contribution >= 4 is 68.2 Å². The second kappa shape index (κ2) is 10.4. The first-order valence-corrected chi connectivity index (χ1v) is 15.1. The van der Waals surface area contributed by atoms with Gasteiger partial charge in [0.15, 0.2) is 0 Å². The van der Waals surface area contributed by atoms with Crippen LogP contribution < -0.4 is 4.90 Å². The number of imide groups is 1. The van der Waals surface area contributed by atoms with Crippen molar-refractivity contribution < 1.29 is 27.5 Å². The van der Waals surface area contributed by atoms with Crippen LogP contribution in [-0.2, 0) is 19.6 Å². The number of esters is 1. The van der Waals surface area contributed by atoms with Crippen LogP contribution in [0.4, 0.5) is 10.5 Å². The van der Waals surface area contributed by atoms with Crippen molar-refractivity contribution in [3.8, 4) is 6.07 Å². The fourth-order valence-corrected chi connectivity index (χ4v) is 9.15. The maximum absolute atomic E-state index is 14.3. The number of nitriles is 1. The summed E-state index contributed by atoms with van der Waals surface area (Å²) in [6.45, 7) is 1.07. The maximum atomic E-state index is 14.3. The average molecular weight is 634 g/mol. The highest BCUT2D eigenvalue weighted by Gasteiger charge is 2.66. The minimum absolute atomic E-state index is 0.0635. The van der Waals surface area contributed by atoms with E-state index in [1.165, 1.54) is 43.3 Å². The quantitative estimate of drug-likeness (QED) is 0.296. The van der Waals surface area contributed by atoms with Crippen molar-refractivity contribution in [1.29, 1.82) is 5.26 Å².